The molecule has 0 aliphatic carbocycles. The van der Waals surface area contributed by atoms with Gasteiger partial charge in [0.15, 0.2) is 5.96 Å². The molecule has 1 N–H and O–H groups in total. The van der Waals surface area contributed by atoms with Crippen LogP contribution in [0.3, 0.4) is 0 Å². The van der Waals surface area contributed by atoms with E-state index in [1.807, 2.05) is 6.07 Å². The van der Waals surface area contributed by atoms with Crippen molar-refractivity contribution < 1.29 is 9.26 Å². The van der Waals surface area contributed by atoms with Gasteiger partial charge in [0.2, 0.25) is 0 Å². The minimum Gasteiger partial charge on any atom is -0.379 e. The van der Waals surface area contributed by atoms with Gasteiger partial charge in [-0.1, -0.05) is 5.16 Å². The first-order valence-corrected chi connectivity index (χ1v) is 10.2. The highest BCUT2D eigenvalue weighted by atomic mass is 16.5. The van der Waals surface area contributed by atoms with Crippen molar-refractivity contribution in [1.29, 1.82) is 0 Å². The third-order valence-electron chi connectivity index (χ3n) is 5.37. The van der Waals surface area contributed by atoms with E-state index < -0.39 is 0 Å². The number of hydrogen-bond acceptors (Lipinski definition) is 6. The third kappa shape index (κ3) is 5.67. The largest absolute Gasteiger partial charge is 0.379 e. The van der Waals surface area contributed by atoms with Gasteiger partial charge in [0.1, 0.15) is 6.26 Å². The maximum absolute atomic E-state index is 5.56. The van der Waals surface area contributed by atoms with Crippen molar-refractivity contribution in [3.05, 3.63) is 18.0 Å². The molecule has 2 saturated heterocycles. The molecule has 27 heavy (non-hydrogen) atoms. The van der Waals surface area contributed by atoms with Gasteiger partial charge in [-0.05, 0) is 20.8 Å². The number of nitrogens with one attached hydrogen (secondary N) is 1. The summed E-state index contributed by atoms with van der Waals surface area (Å²) < 4.78 is 10.5. The average Bonchev–Trinajstić information content (AvgIpc) is 3.19. The molecule has 3 rings (SSSR count). The first-order chi connectivity index (χ1) is 13.2. The molecule has 8 nitrogen and oxygen atoms in total. The van der Waals surface area contributed by atoms with Crippen LogP contribution in [0.25, 0.3) is 0 Å². The summed E-state index contributed by atoms with van der Waals surface area (Å²) in [7, 11) is 0. The van der Waals surface area contributed by atoms with Gasteiger partial charge >= 0.3 is 0 Å². The normalized spacial score (nSPS) is 24.2. The zero-order chi connectivity index (χ0) is 19.1. The molecule has 0 amide bonds. The molecule has 0 saturated carbocycles. The average molecular weight is 379 g/mol. The van der Waals surface area contributed by atoms with Gasteiger partial charge in [0.05, 0.1) is 25.5 Å². The number of aliphatic imine (C=N–C) groups is 1. The number of hydrogen-bond donors (Lipinski definition) is 1. The Hall–Kier alpha value is -1.64. The fourth-order valence-corrected chi connectivity index (χ4v) is 3.81. The predicted molar refractivity (Wildman–Crippen MR) is 106 cm³/mol. The van der Waals surface area contributed by atoms with E-state index in [2.05, 4.69) is 45.9 Å². The molecule has 1 aromatic heterocycles. The van der Waals surface area contributed by atoms with E-state index in [1.54, 1.807) is 6.26 Å². The maximum Gasteiger partial charge on any atom is 0.194 e. The second-order valence-corrected chi connectivity index (χ2v) is 7.46. The Balaban J connectivity index is 1.51. The molecule has 152 valence electrons. The lowest BCUT2D eigenvalue weighted by Crippen LogP contribution is -2.53. The molecule has 0 spiro atoms. The van der Waals surface area contributed by atoms with Crippen molar-refractivity contribution in [3.8, 4) is 0 Å². The van der Waals surface area contributed by atoms with E-state index in [-0.39, 0.29) is 0 Å². The van der Waals surface area contributed by atoms with Gasteiger partial charge in [0, 0.05) is 64.0 Å². The van der Waals surface area contributed by atoms with Crippen molar-refractivity contribution in [1.82, 2.24) is 25.2 Å². The number of rotatable bonds is 6. The molecule has 2 atom stereocenters. The zero-order valence-corrected chi connectivity index (χ0v) is 16.9. The van der Waals surface area contributed by atoms with Gasteiger partial charge in [-0.2, -0.15) is 0 Å². The van der Waals surface area contributed by atoms with Gasteiger partial charge in [-0.3, -0.25) is 14.8 Å². The highest BCUT2D eigenvalue weighted by molar-refractivity contribution is 5.80. The predicted octanol–water partition coefficient (Wildman–Crippen LogP) is 0.867. The van der Waals surface area contributed by atoms with Crippen LogP contribution in [0.1, 0.15) is 26.5 Å². The molecule has 1 aromatic rings. The SMILES string of the molecule is CCNC(=NCC(C)N1CCOCC1C)N1CCN(Cc2ccon2)CC1. The van der Waals surface area contributed by atoms with E-state index in [1.165, 1.54) is 0 Å². The van der Waals surface area contributed by atoms with Gasteiger partial charge < -0.3 is 19.5 Å². The Kier molecular flexibility index (Phi) is 7.49. The van der Waals surface area contributed by atoms with E-state index in [0.29, 0.717) is 12.1 Å². The zero-order valence-electron chi connectivity index (χ0n) is 16.9. The summed E-state index contributed by atoms with van der Waals surface area (Å²) in [4.78, 5) is 12.2. The lowest BCUT2D eigenvalue weighted by molar-refractivity contribution is -0.0166. The summed E-state index contributed by atoms with van der Waals surface area (Å²) in [5.74, 6) is 1.03. The number of guanidine groups is 1. The van der Waals surface area contributed by atoms with E-state index >= 15 is 0 Å². The van der Waals surface area contributed by atoms with Crippen LogP contribution in [0.5, 0.6) is 0 Å². The number of ether oxygens (including phenoxy) is 1. The summed E-state index contributed by atoms with van der Waals surface area (Å²) in [5.41, 5.74) is 0.998. The highest BCUT2D eigenvalue weighted by Gasteiger charge is 2.24. The lowest BCUT2D eigenvalue weighted by Gasteiger charge is -2.38. The molecular weight excluding hydrogens is 344 g/mol. The second kappa shape index (κ2) is 10.1. The summed E-state index contributed by atoms with van der Waals surface area (Å²) in [6, 6.07) is 2.82. The van der Waals surface area contributed by atoms with Gasteiger partial charge in [-0.15, -0.1) is 0 Å². The van der Waals surface area contributed by atoms with Crippen LogP contribution >= 0.6 is 0 Å². The fraction of sp³-hybridized carbons (Fsp3) is 0.789. The molecule has 0 radical (unpaired) electrons. The van der Waals surface area contributed by atoms with Crippen molar-refractivity contribution in [2.75, 3.05) is 59.0 Å². The molecule has 2 fully saturated rings. The third-order valence-corrected chi connectivity index (χ3v) is 5.37. The van der Waals surface area contributed by atoms with Crippen molar-refractivity contribution in [3.63, 3.8) is 0 Å². The van der Waals surface area contributed by atoms with E-state index in [0.717, 1.165) is 77.2 Å². The van der Waals surface area contributed by atoms with Crippen LogP contribution in [0.4, 0.5) is 0 Å². The summed E-state index contributed by atoms with van der Waals surface area (Å²) >= 11 is 0. The van der Waals surface area contributed by atoms with Gasteiger partial charge in [-0.25, -0.2) is 0 Å². The summed E-state index contributed by atoms with van der Waals surface area (Å²) in [5, 5.41) is 7.48. The molecule has 0 aromatic carbocycles. The standard InChI is InChI=1S/C19H34N6O2/c1-4-20-19(21-13-16(2)25-10-12-26-15-17(25)3)24-8-6-23(7-9-24)14-18-5-11-27-22-18/h5,11,16-17H,4,6-10,12-15H2,1-3H3,(H,20,21). The fourth-order valence-electron chi connectivity index (χ4n) is 3.81. The number of piperazine rings is 1. The minimum atomic E-state index is 0.422. The van der Waals surface area contributed by atoms with Crippen molar-refractivity contribution in [2.45, 2.75) is 39.4 Å². The topological polar surface area (TPSA) is 69.4 Å². The molecule has 2 aliphatic rings. The first-order valence-electron chi connectivity index (χ1n) is 10.2. The lowest BCUT2D eigenvalue weighted by atomic mass is 10.2. The Labute approximate surface area is 162 Å². The highest BCUT2D eigenvalue weighted by Crippen LogP contribution is 2.12. The Morgan fingerprint density at radius 1 is 1.33 bits per heavy atom. The first kappa shape index (κ1) is 20.1. The molecule has 8 heteroatoms. The Bertz CT molecular complexity index is 571. The van der Waals surface area contributed by atoms with Crippen LogP contribution in [0.15, 0.2) is 21.8 Å². The van der Waals surface area contributed by atoms with Crippen LogP contribution in [-0.4, -0.2) is 96.9 Å². The van der Waals surface area contributed by atoms with Crippen LogP contribution in [-0.2, 0) is 11.3 Å². The Morgan fingerprint density at radius 2 is 2.15 bits per heavy atom. The smallest absolute Gasteiger partial charge is 0.194 e. The molecule has 3 heterocycles. The summed E-state index contributed by atoms with van der Waals surface area (Å²) in [6.45, 7) is 15.8. The van der Waals surface area contributed by atoms with Crippen LogP contribution < -0.4 is 5.32 Å². The minimum absolute atomic E-state index is 0.422. The molecular formula is C19H34N6O2. The number of morpholine rings is 1. The summed E-state index contributed by atoms with van der Waals surface area (Å²) in [6.07, 6.45) is 1.64. The van der Waals surface area contributed by atoms with E-state index in [4.69, 9.17) is 14.3 Å². The molecule has 2 aliphatic heterocycles. The van der Waals surface area contributed by atoms with Crippen molar-refractivity contribution >= 4 is 5.96 Å². The number of aromatic nitrogens is 1. The van der Waals surface area contributed by atoms with Crippen LogP contribution in [0, 0.1) is 0 Å². The number of nitrogens with zero attached hydrogens (tertiary/aromatic N) is 5. The Morgan fingerprint density at radius 3 is 2.81 bits per heavy atom. The quantitative estimate of drug-likeness (QED) is 0.582. The van der Waals surface area contributed by atoms with Gasteiger partial charge in [0.25, 0.3) is 0 Å². The molecule has 2 unspecified atom stereocenters. The van der Waals surface area contributed by atoms with Crippen molar-refractivity contribution in [2.24, 2.45) is 4.99 Å². The maximum atomic E-state index is 5.56. The molecule has 0 bridgehead atoms. The monoisotopic (exact) mass is 378 g/mol. The second-order valence-electron chi connectivity index (χ2n) is 7.46. The van der Waals surface area contributed by atoms with E-state index in [9.17, 15) is 0 Å². The van der Waals surface area contributed by atoms with Crippen LogP contribution in [0.2, 0.25) is 0 Å².